The summed E-state index contributed by atoms with van der Waals surface area (Å²) in [6.07, 6.45) is 1.58. The van der Waals surface area contributed by atoms with Crippen molar-refractivity contribution in [2.75, 3.05) is 11.9 Å². The summed E-state index contributed by atoms with van der Waals surface area (Å²) >= 11 is 0. The average molecular weight is 285 g/mol. The van der Waals surface area contributed by atoms with E-state index in [9.17, 15) is 4.39 Å². The van der Waals surface area contributed by atoms with E-state index < -0.39 is 0 Å². The first-order valence-electron chi connectivity index (χ1n) is 7.50. The Morgan fingerprint density at radius 3 is 2.76 bits per heavy atom. The van der Waals surface area contributed by atoms with Gasteiger partial charge in [-0.05, 0) is 43.0 Å². The van der Waals surface area contributed by atoms with Gasteiger partial charge in [0.1, 0.15) is 5.82 Å². The van der Waals surface area contributed by atoms with E-state index in [2.05, 4.69) is 5.32 Å². The number of fused-ring (bicyclic) bond motifs is 1. The summed E-state index contributed by atoms with van der Waals surface area (Å²) in [5.41, 5.74) is 3.98. The first kappa shape index (κ1) is 14.1. The average Bonchev–Trinajstić information content (AvgIpc) is 2.94. The molecule has 21 heavy (non-hydrogen) atoms. The highest BCUT2D eigenvalue weighted by Gasteiger charge is 2.28. The van der Waals surface area contributed by atoms with E-state index in [1.54, 1.807) is 6.07 Å². The quantitative estimate of drug-likeness (QED) is 0.875. The predicted molar refractivity (Wildman–Crippen MR) is 82.9 cm³/mol. The number of hydrogen-bond donors (Lipinski definition) is 1. The minimum Gasteiger partial charge on any atom is -0.385 e. The Morgan fingerprint density at radius 2 is 2.00 bits per heavy atom. The third kappa shape index (κ3) is 2.93. The van der Waals surface area contributed by atoms with Crippen LogP contribution in [0.15, 0.2) is 42.5 Å². The van der Waals surface area contributed by atoms with E-state index in [1.165, 1.54) is 0 Å². The zero-order chi connectivity index (χ0) is 14.7. The molecule has 2 aromatic carbocycles. The molecule has 0 fully saturated rings. The van der Waals surface area contributed by atoms with Gasteiger partial charge in [-0.3, -0.25) is 0 Å². The Kier molecular flexibility index (Phi) is 4.20. The molecular weight excluding hydrogens is 265 g/mol. The fraction of sp³-hybridized carbons (Fsp3) is 0.333. The van der Waals surface area contributed by atoms with Crippen LogP contribution in [0.3, 0.4) is 0 Å². The molecule has 0 saturated heterocycles. The molecule has 0 amide bonds. The van der Waals surface area contributed by atoms with Crippen molar-refractivity contribution in [2.24, 2.45) is 0 Å². The van der Waals surface area contributed by atoms with Gasteiger partial charge in [-0.25, -0.2) is 4.39 Å². The molecule has 3 rings (SSSR count). The van der Waals surface area contributed by atoms with Gasteiger partial charge in [0.25, 0.3) is 0 Å². The summed E-state index contributed by atoms with van der Waals surface area (Å²) in [6.45, 7) is 3.41. The van der Waals surface area contributed by atoms with Crippen LogP contribution in [0.25, 0.3) is 0 Å². The van der Waals surface area contributed by atoms with Crippen LogP contribution in [-0.4, -0.2) is 6.54 Å². The van der Waals surface area contributed by atoms with Crippen LogP contribution in [0.2, 0.25) is 0 Å². The van der Waals surface area contributed by atoms with Crippen molar-refractivity contribution >= 4 is 5.69 Å². The van der Waals surface area contributed by atoms with Crippen molar-refractivity contribution in [3.63, 3.8) is 0 Å². The molecule has 1 aliphatic rings. The maximum Gasteiger partial charge on any atom is 0.129 e. The summed E-state index contributed by atoms with van der Waals surface area (Å²) in [5, 5.41) is 3.31. The molecule has 110 valence electrons. The first-order chi connectivity index (χ1) is 10.3. The molecule has 0 heterocycles. The summed E-state index contributed by atoms with van der Waals surface area (Å²) < 4.78 is 20.1. The molecule has 2 nitrogen and oxygen atoms in total. The topological polar surface area (TPSA) is 21.3 Å². The third-order valence-electron chi connectivity index (χ3n) is 3.94. The molecule has 1 N–H and O–H groups in total. The fourth-order valence-corrected chi connectivity index (χ4v) is 2.97. The minimum absolute atomic E-state index is 0.140. The van der Waals surface area contributed by atoms with Gasteiger partial charge in [0.15, 0.2) is 0 Å². The Morgan fingerprint density at radius 1 is 1.19 bits per heavy atom. The van der Waals surface area contributed by atoms with E-state index in [1.807, 2.05) is 43.3 Å². The molecule has 1 unspecified atom stereocenters. The van der Waals surface area contributed by atoms with Gasteiger partial charge in [0.05, 0.1) is 12.7 Å². The number of nitrogens with one attached hydrogen (secondary N) is 1. The third-order valence-corrected chi connectivity index (χ3v) is 3.94. The van der Waals surface area contributed by atoms with E-state index >= 15 is 0 Å². The lowest BCUT2D eigenvalue weighted by Gasteiger charge is -2.15. The lowest BCUT2D eigenvalue weighted by molar-refractivity contribution is 0.0390. The molecule has 0 spiro atoms. The number of hydrogen-bond acceptors (Lipinski definition) is 2. The second-order valence-electron chi connectivity index (χ2n) is 5.34. The number of rotatable bonds is 5. The van der Waals surface area contributed by atoms with Crippen LogP contribution in [0.1, 0.15) is 36.1 Å². The van der Waals surface area contributed by atoms with Gasteiger partial charge in [-0.1, -0.05) is 30.3 Å². The summed E-state index contributed by atoms with van der Waals surface area (Å²) in [6, 6.07) is 13.4. The van der Waals surface area contributed by atoms with Gasteiger partial charge in [0.2, 0.25) is 0 Å². The van der Waals surface area contributed by atoms with Crippen molar-refractivity contribution in [1.29, 1.82) is 0 Å². The second kappa shape index (κ2) is 6.27. The van der Waals surface area contributed by atoms with E-state index in [0.29, 0.717) is 6.61 Å². The highest BCUT2D eigenvalue weighted by molar-refractivity contribution is 5.57. The van der Waals surface area contributed by atoms with Crippen molar-refractivity contribution in [3.05, 3.63) is 65.0 Å². The monoisotopic (exact) mass is 285 g/mol. The highest BCUT2D eigenvalue weighted by atomic mass is 19.1. The lowest BCUT2D eigenvalue weighted by atomic mass is 10.1. The van der Waals surface area contributed by atoms with Crippen molar-refractivity contribution in [3.8, 4) is 0 Å². The normalized spacial score (nSPS) is 16.8. The van der Waals surface area contributed by atoms with Crippen LogP contribution in [-0.2, 0) is 17.8 Å². The van der Waals surface area contributed by atoms with Crippen LogP contribution in [0.5, 0.6) is 0 Å². The van der Waals surface area contributed by atoms with Crippen molar-refractivity contribution in [1.82, 2.24) is 0 Å². The number of benzene rings is 2. The van der Waals surface area contributed by atoms with Gasteiger partial charge in [0, 0.05) is 17.8 Å². The van der Waals surface area contributed by atoms with Crippen molar-refractivity contribution < 1.29 is 9.13 Å². The lowest BCUT2D eigenvalue weighted by Crippen LogP contribution is -2.05. The maximum absolute atomic E-state index is 14.2. The largest absolute Gasteiger partial charge is 0.385 e. The van der Waals surface area contributed by atoms with Gasteiger partial charge in [-0.2, -0.15) is 0 Å². The molecule has 3 heteroatoms. The minimum atomic E-state index is -0.151. The second-order valence-corrected chi connectivity index (χ2v) is 5.34. The zero-order valence-corrected chi connectivity index (χ0v) is 12.2. The molecule has 0 radical (unpaired) electrons. The maximum atomic E-state index is 14.2. The molecule has 0 aromatic heterocycles. The molecule has 0 saturated carbocycles. The Hall–Kier alpha value is -1.87. The van der Waals surface area contributed by atoms with E-state index in [0.717, 1.165) is 41.8 Å². The van der Waals surface area contributed by atoms with E-state index in [4.69, 9.17) is 4.74 Å². The highest BCUT2D eigenvalue weighted by Crippen LogP contribution is 2.40. The Labute approximate surface area is 125 Å². The predicted octanol–water partition coefficient (Wildman–Crippen LogP) is 4.46. The SMILES string of the molecule is CCNc1ccc(F)c2c1CCC2OCc1ccccc1. The molecular formula is C18H20FNO. The number of halogens is 1. The number of anilines is 1. The summed E-state index contributed by atoms with van der Waals surface area (Å²) in [7, 11) is 0. The Bertz CT molecular complexity index is 612. The van der Waals surface area contributed by atoms with E-state index in [-0.39, 0.29) is 11.9 Å². The summed E-state index contributed by atoms with van der Waals surface area (Å²) in [5.74, 6) is -0.151. The van der Waals surface area contributed by atoms with Crippen LogP contribution >= 0.6 is 0 Å². The standard InChI is InChI=1S/C18H20FNO/c1-2-20-16-10-9-15(19)18-14(16)8-11-17(18)21-12-13-6-4-3-5-7-13/h3-7,9-10,17,20H,2,8,11-12H2,1H3. The fourth-order valence-electron chi connectivity index (χ4n) is 2.97. The summed E-state index contributed by atoms with van der Waals surface area (Å²) in [4.78, 5) is 0. The molecule has 1 atom stereocenters. The first-order valence-corrected chi connectivity index (χ1v) is 7.50. The molecule has 0 bridgehead atoms. The molecule has 1 aliphatic carbocycles. The van der Waals surface area contributed by atoms with Crippen LogP contribution in [0.4, 0.5) is 10.1 Å². The Balaban J connectivity index is 1.78. The van der Waals surface area contributed by atoms with Crippen LogP contribution in [0, 0.1) is 5.82 Å². The van der Waals surface area contributed by atoms with Crippen molar-refractivity contribution in [2.45, 2.75) is 32.5 Å². The molecule has 2 aromatic rings. The van der Waals surface area contributed by atoms with Gasteiger partial charge in [-0.15, -0.1) is 0 Å². The smallest absolute Gasteiger partial charge is 0.129 e. The number of ether oxygens (including phenoxy) is 1. The van der Waals surface area contributed by atoms with Gasteiger partial charge >= 0.3 is 0 Å². The molecule has 0 aliphatic heterocycles. The van der Waals surface area contributed by atoms with Gasteiger partial charge < -0.3 is 10.1 Å². The zero-order valence-electron chi connectivity index (χ0n) is 12.2. The van der Waals surface area contributed by atoms with Crippen LogP contribution < -0.4 is 5.32 Å².